The predicted octanol–water partition coefficient (Wildman–Crippen LogP) is 4.28. The third kappa shape index (κ3) is 4.81. The van der Waals surface area contributed by atoms with Crippen molar-refractivity contribution in [3.63, 3.8) is 0 Å². The average Bonchev–Trinajstić information content (AvgIpc) is 2.96. The Bertz CT molecular complexity index is 1140. The molecule has 8 heteroatoms. The number of hydrogen-bond donors (Lipinski definition) is 2. The molecule has 0 unspecified atom stereocenters. The van der Waals surface area contributed by atoms with Gasteiger partial charge in [0.15, 0.2) is 0 Å². The van der Waals surface area contributed by atoms with Gasteiger partial charge in [-0.15, -0.1) is 0 Å². The summed E-state index contributed by atoms with van der Waals surface area (Å²) in [5.41, 5.74) is 9.03. The lowest BCUT2D eigenvalue weighted by atomic mass is 10.0. The van der Waals surface area contributed by atoms with E-state index in [1.807, 2.05) is 24.6 Å². The van der Waals surface area contributed by atoms with Crippen molar-refractivity contribution in [2.75, 3.05) is 5.73 Å². The number of aromatic nitrogens is 4. The van der Waals surface area contributed by atoms with Gasteiger partial charge in [0.05, 0.1) is 28.8 Å². The first-order valence-electron chi connectivity index (χ1n) is 9.20. The smallest absolute Gasteiger partial charge is 0.223 e. The number of aryl methyl sites for hydroxylation is 1. The Hall–Kier alpha value is -2.33. The second-order valence-corrected chi connectivity index (χ2v) is 8.42. The molecule has 0 aromatic carbocycles. The number of rotatable bonds is 4. The van der Waals surface area contributed by atoms with Crippen molar-refractivity contribution < 1.29 is 5.11 Å². The molecule has 0 aliphatic carbocycles. The molecule has 0 bridgehead atoms. The van der Waals surface area contributed by atoms with Crippen molar-refractivity contribution in [3.05, 3.63) is 45.0 Å². The topological polar surface area (TPSA) is 89.8 Å². The number of halogens is 2. The Morgan fingerprint density at radius 1 is 1.24 bits per heavy atom. The fourth-order valence-corrected chi connectivity index (χ4v) is 3.40. The van der Waals surface area contributed by atoms with Gasteiger partial charge >= 0.3 is 0 Å². The predicted molar refractivity (Wildman–Crippen MR) is 117 cm³/mol. The van der Waals surface area contributed by atoms with E-state index >= 15 is 0 Å². The zero-order valence-corrected chi connectivity index (χ0v) is 18.4. The summed E-state index contributed by atoms with van der Waals surface area (Å²) in [4.78, 5) is 13.0. The largest absolute Gasteiger partial charge is 0.390 e. The van der Waals surface area contributed by atoms with Crippen molar-refractivity contribution in [3.8, 4) is 11.8 Å². The highest BCUT2D eigenvalue weighted by molar-refractivity contribution is 6.34. The third-order valence-electron chi connectivity index (χ3n) is 4.62. The maximum atomic E-state index is 9.85. The lowest BCUT2D eigenvalue weighted by molar-refractivity contribution is 0.0727. The molecule has 0 spiro atoms. The van der Waals surface area contributed by atoms with Crippen LogP contribution in [0.25, 0.3) is 11.0 Å². The molecular weight excluding hydrogens is 409 g/mol. The van der Waals surface area contributed by atoms with E-state index in [1.54, 1.807) is 20.0 Å². The summed E-state index contributed by atoms with van der Waals surface area (Å²) in [7, 11) is 0. The number of nitrogens with zero attached hydrogens (tertiary/aromatic N) is 4. The Labute approximate surface area is 180 Å². The van der Waals surface area contributed by atoms with Crippen LogP contribution in [-0.4, -0.2) is 30.2 Å². The van der Waals surface area contributed by atoms with Crippen molar-refractivity contribution in [2.45, 2.75) is 52.7 Å². The van der Waals surface area contributed by atoms with Crippen molar-refractivity contribution >= 4 is 40.2 Å². The van der Waals surface area contributed by atoms with Crippen LogP contribution in [0.1, 0.15) is 49.1 Å². The monoisotopic (exact) mass is 431 g/mol. The maximum absolute atomic E-state index is 9.85. The molecule has 6 nitrogen and oxygen atoms in total. The third-order valence-corrected chi connectivity index (χ3v) is 5.47. The zero-order chi connectivity index (χ0) is 21.3. The Morgan fingerprint density at radius 3 is 2.66 bits per heavy atom. The summed E-state index contributed by atoms with van der Waals surface area (Å²) in [6.07, 6.45) is 4.75. The normalized spacial score (nSPS) is 11.6. The van der Waals surface area contributed by atoms with Gasteiger partial charge in [-0.2, -0.15) is 4.98 Å². The SMILES string of the molecule is Cc1cnc(Cn2cc(C#CCCC(C)(C)O)c3c(Cl)nc(N)nc32)c(C)c1Cl. The minimum absolute atomic E-state index is 0.0926. The molecule has 0 atom stereocenters. The van der Waals surface area contributed by atoms with E-state index in [1.165, 1.54) is 0 Å². The Balaban J connectivity index is 2.05. The van der Waals surface area contributed by atoms with Crippen molar-refractivity contribution in [2.24, 2.45) is 0 Å². The van der Waals surface area contributed by atoms with Crippen LogP contribution in [0.3, 0.4) is 0 Å². The molecule has 0 aliphatic rings. The van der Waals surface area contributed by atoms with E-state index in [9.17, 15) is 5.11 Å². The molecule has 0 saturated heterocycles. The molecule has 29 heavy (non-hydrogen) atoms. The molecule has 0 fully saturated rings. The number of fused-ring (bicyclic) bond motifs is 1. The van der Waals surface area contributed by atoms with E-state index < -0.39 is 5.60 Å². The average molecular weight is 432 g/mol. The molecule has 3 heterocycles. The molecule has 3 aromatic heterocycles. The van der Waals surface area contributed by atoms with Crippen LogP contribution in [0, 0.1) is 25.7 Å². The van der Waals surface area contributed by atoms with E-state index in [0.717, 1.165) is 16.8 Å². The van der Waals surface area contributed by atoms with E-state index in [4.69, 9.17) is 28.9 Å². The minimum atomic E-state index is -0.758. The van der Waals surface area contributed by atoms with Gasteiger partial charge in [-0.1, -0.05) is 35.0 Å². The molecule has 3 aromatic rings. The van der Waals surface area contributed by atoms with Gasteiger partial charge in [0, 0.05) is 23.8 Å². The van der Waals surface area contributed by atoms with Crippen LogP contribution in [-0.2, 0) is 6.54 Å². The Morgan fingerprint density at radius 2 is 1.97 bits per heavy atom. The fraction of sp³-hybridized carbons (Fsp3) is 0.381. The molecule has 0 radical (unpaired) electrons. The van der Waals surface area contributed by atoms with Gasteiger partial charge in [-0.25, -0.2) is 4.98 Å². The molecule has 3 N–H and O–H groups in total. The van der Waals surface area contributed by atoms with Crippen LogP contribution in [0.2, 0.25) is 10.2 Å². The maximum Gasteiger partial charge on any atom is 0.223 e. The lowest BCUT2D eigenvalue weighted by Crippen LogP contribution is -2.17. The standard InChI is InChI=1S/C21H23Cl2N5O/c1-12-9-25-15(13(2)17(12)22)11-28-10-14(7-5-6-8-21(3,4)29)16-18(23)26-20(24)27-19(16)28/h9-10,29H,6,8,11H2,1-4H3,(H2,24,26,27). The quantitative estimate of drug-likeness (QED) is 0.475. The Kier molecular flexibility index (Phi) is 6.04. The van der Waals surface area contributed by atoms with Gasteiger partial charge in [-0.3, -0.25) is 4.98 Å². The minimum Gasteiger partial charge on any atom is -0.390 e. The number of anilines is 1. The van der Waals surface area contributed by atoms with Gasteiger partial charge in [-0.05, 0) is 45.2 Å². The second-order valence-electron chi connectivity index (χ2n) is 7.68. The zero-order valence-electron chi connectivity index (χ0n) is 16.8. The van der Waals surface area contributed by atoms with E-state index in [2.05, 4.69) is 26.8 Å². The van der Waals surface area contributed by atoms with Crippen molar-refractivity contribution in [1.29, 1.82) is 0 Å². The molecule has 0 amide bonds. The van der Waals surface area contributed by atoms with E-state index in [-0.39, 0.29) is 11.1 Å². The van der Waals surface area contributed by atoms with Crippen molar-refractivity contribution in [1.82, 2.24) is 19.5 Å². The fourth-order valence-electron chi connectivity index (χ4n) is 2.97. The van der Waals surface area contributed by atoms with Gasteiger partial charge in [0.25, 0.3) is 0 Å². The highest BCUT2D eigenvalue weighted by atomic mass is 35.5. The first kappa shape index (κ1) is 21.4. The van der Waals surface area contributed by atoms with Crippen LogP contribution in [0.5, 0.6) is 0 Å². The summed E-state index contributed by atoms with van der Waals surface area (Å²) in [6.45, 7) is 7.83. The second kappa shape index (κ2) is 8.19. The van der Waals surface area contributed by atoms with Gasteiger partial charge in [0.2, 0.25) is 5.95 Å². The molecule has 0 saturated carbocycles. The van der Waals surface area contributed by atoms with E-state index in [0.29, 0.717) is 41.0 Å². The van der Waals surface area contributed by atoms with Crippen LogP contribution in [0.4, 0.5) is 5.95 Å². The number of pyridine rings is 1. The van der Waals surface area contributed by atoms with Crippen LogP contribution < -0.4 is 5.73 Å². The molecule has 3 rings (SSSR count). The summed E-state index contributed by atoms with van der Waals surface area (Å²) < 4.78 is 1.90. The van der Waals surface area contributed by atoms with Gasteiger partial charge < -0.3 is 15.4 Å². The number of nitrogen functional groups attached to an aromatic ring is 1. The highest BCUT2D eigenvalue weighted by Gasteiger charge is 2.17. The first-order valence-corrected chi connectivity index (χ1v) is 9.96. The summed E-state index contributed by atoms with van der Waals surface area (Å²) in [5, 5.41) is 11.5. The first-order chi connectivity index (χ1) is 13.6. The summed E-state index contributed by atoms with van der Waals surface area (Å²) >= 11 is 12.7. The molecular formula is C21H23Cl2N5O. The summed E-state index contributed by atoms with van der Waals surface area (Å²) in [5.74, 6) is 6.31. The number of aliphatic hydroxyl groups is 1. The highest BCUT2D eigenvalue weighted by Crippen LogP contribution is 2.28. The number of nitrogens with two attached hydrogens (primary N) is 1. The van der Waals surface area contributed by atoms with Gasteiger partial charge in [0.1, 0.15) is 10.8 Å². The molecule has 152 valence electrons. The lowest BCUT2D eigenvalue weighted by Gasteiger charge is -2.13. The van der Waals surface area contributed by atoms with Crippen LogP contribution >= 0.6 is 23.2 Å². The molecule has 0 aliphatic heterocycles. The van der Waals surface area contributed by atoms with Crippen LogP contribution in [0.15, 0.2) is 12.4 Å². The summed E-state index contributed by atoms with van der Waals surface area (Å²) in [6, 6.07) is 0. The number of hydrogen-bond acceptors (Lipinski definition) is 5.